The van der Waals surface area contributed by atoms with Crippen molar-refractivity contribution in [1.29, 1.82) is 0 Å². The van der Waals surface area contributed by atoms with Gasteiger partial charge in [-0.2, -0.15) is 5.10 Å². The Hall–Kier alpha value is -1.75. The van der Waals surface area contributed by atoms with Crippen molar-refractivity contribution < 1.29 is 9.90 Å². The number of rotatable bonds is 4. The Morgan fingerprint density at radius 1 is 1.32 bits per heavy atom. The Kier molecular flexibility index (Phi) is 3.95. The molecule has 19 heavy (non-hydrogen) atoms. The van der Waals surface area contributed by atoms with Crippen LogP contribution in [0.15, 0.2) is 35.2 Å². The molecule has 0 bridgehead atoms. The summed E-state index contributed by atoms with van der Waals surface area (Å²) < 4.78 is 1.38. The first-order valence-corrected chi connectivity index (χ1v) is 6.90. The third-order valence-electron chi connectivity index (χ3n) is 2.62. The minimum Gasteiger partial charge on any atom is -0.477 e. The molecule has 100 valence electrons. The highest BCUT2D eigenvalue weighted by Crippen LogP contribution is 2.26. The number of hydrogen-bond acceptors (Lipinski definition) is 3. The number of aryl methyl sites for hydroxylation is 1. The van der Waals surface area contributed by atoms with Gasteiger partial charge in [0, 0.05) is 22.8 Å². The van der Waals surface area contributed by atoms with Crippen molar-refractivity contribution in [2.45, 2.75) is 24.0 Å². The van der Waals surface area contributed by atoms with E-state index in [0.29, 0.717) is 10.9 Å². The number of benzene rings is 1. The molecule has 0 aliphatic rings. The van der Waals surface area contributed by atoms with E-state index in [4.69, 9.17) is 5.11 Å². The molecule has 4 nitrogen and oxygen atoms in total. The van der Waals surface area contributed by atoms with Crippen molar-refractivity contribution >= 4 is 17.7 Å². The minimum absolute atomic E-state index is 0.190. The average molecular weight is 276 g/mol. The van der Waals surface area contributed by atoms with E-state index in [0.717, 1.165) is 5.56 Å². The number of hydrogen-bond donors (Lipinski definition) is 1. The first-order valence-electron chi connectivity index (χ1n) is 6.02. The molecule has 0 aliphatic carbocycles. The zero-order valence-corrected chi connectivity index (χ0v) is 11.9. The van der Waals surface area contributed by atoms with Gasteiger partial charge in [0.15, 0.2) is 0 Å². The van der Waals surface area contributed by atoms with Gasteiger partial charge >= 0.3 is 5.97 Å². The largest absolute Gasteiger partial charge is 0.477 e. The molecule has 0 saturated heterocycles. The van der Waals surface area contributed by atoms with E-state index < -0.39 is 5.97 Å². The smallest absolute Gasteiger partial charge is 0.354 e. The fourth-order valence-electron chi connectivity index (χ4n) is 1.78. The second-order valence-corrected chi connectivity index (χ2v) is 6.18. The molecular weight excluding hydrogens is 260 g/mol. The van der Waals surface area contributed by atoms with E-state index >= 15 is 0 Å². The molecule has 0 radical (unpaired) electrons. The minimum atomic E-state index is -0.965. The lowest BCUT2D eigenvalue weighted by molar-refractivity contribution is 0.0685. The molecule has 1 heterocycles. The van der Waals surface area contributed by atoms with Gasteiger partial charge < -0.3 is 5.11 Å². The van der Waals surface area contributed by atoms with Crippen LogP contribution in [0.5, 0.6) is 0 Å². The monoisotopic (exact) mass is 276 g/mol. The molecule has 1 aromatic heterocycles. The van der Waals surface area contributed by atoms with Crippen molar-refractivity contribution in [2.24, 2.45) is 7.05 Å². The van der Waals surface area contributed by atoms with Gasteiger partial charge in [-0.05, 0) is 18.2 Å². The Balaban J connectivity index is 2.27. The van der Waals surface area contributed by atoms with E-state index in [1.54, 1.807) is 24.9 Å². The van der Waals surface area contributed by atoms with Crippen LogP contribution in [-0.4, -0.2) is 26.1 Å². The molecule has 2 aromatic rings. The highest BCUT2D eigenvalue weighted by molar-refractivity contribution is 7.99. The molecule has 0 fully saturated rings. The van der Waals surface area contributed by atoms with Crippen molar-refractivity contribution in [3.8, 4) is 11.3 Å². The predicted molar refractivity (Wildman–Crippen MR) is 76.6 cm³/mol. The molecule has 0 amide bonds. The summed E-state index contributed by atoms with van der Waals surface area (Å²) in [4.78, 5) is 12.2. The third-order valence-corrected chi connectivity index (χ3v) is 3.64. The Morgan fingerprint density at radius 2 is 1.95 bits per heavy atom. The van der Waals surface area contributed by atoms with E-state index in [2.05, 4.69) is 18.9 Å². The van der Waals surface area contributed by atoms with Gasteiger partial charge in [-0.3, -0.25) is 4.68 Å². The van der Waals surface area contributed by atoms with Crippen molar-refractivity contribution in [3.05, 3.63) is 36.0 Å². The van der Waals surface area contributed by atoms with E-state index in [1.807, 2.05) is 24.3 Å². The normalized spacial score (nSPS) is 10.9. The maximum absolute atomic E-state index is 11.0. The molecular formula is C14H16N2O2S. The number of carbonyl (C=O) groups is 1. The summed E-state index contributed by atoms with van der Waals surface area (Å²) in [5.74, 6) is -0.965. The summed E-state index contributed by atoms with van der Waals surface area (Å²) in [6.07, 6.45) is 0. The SMILES string of the molecule is CC(C)Sc1ccc(-c2cc(C(=O)O)n(C)n2)cc1. The van der Waals surface area contributed by atoms with Gasteiger partial charge in [-0.1, -0.05) is 26.0 Å². The fraction of sp³-hybridized carbons (Fsp3) is 0.286. The maximum Gasteiger partial charge on any atom is 0.354 e. The summed E-state index contributed by atoms with van der Waals surface area (Å²) >= 11 is 1.80. The first-order chi connectivity index (χ1) is 8.97. The Morgan fingerprint density at radius 3 is 2.42 bits per heavy atom. The summed E-state index contributed by atoms with van der Waals surface area (Å²) in [6.45, 7) is 4.30. The van der Waals surface area contributed by atoms with Gasteiger partial charge in [0.25, 0.3) is 0 Å². The molecule has 2 rings (SSSR count). The Bertz CT molecular complexity index is 588. The highest BCUT2D eigenvalue weighted by Gasteiger charge is 2.12. The number of carboxylic acids is 1. The number of nitrogens with zero attached hydrogens (tertiary/aromatic N) is 2. The second kappa shape index (κ2) is 5.48. The lowest BCUT2D eigenvalue weighted by Crippen LogP contribution is -2.04. The number of aromatic nitrogens is 2. The highest BCUT2D eigenvalue weighted by atomic mass is 32.2. The first kappa shape index (κ1) is 13.7. The summed E-state index contributed by atoms with van der Waals surface area (Å²) in [7, 11) is 1.63. The van der Waals surface area contributed by atoms with Crippen molar-refractivity contribution in [2.75, 3.05) is 0 Å². The second-order valence-electron chi connectivity index (χ2n) is 4.53. The number of thioether (sulfide) groups is 1. The zero-order valence-electron chi connectivity index (χ0n) is 11.1. The molecule has 0 saturated carbocycles. The van der Waals surface area contributed by atoms with Crippen LogP contribution in [0.4, 0.5) is 0 Å². The Labute approximate surface area is 116 Å². The van der Waals surface area contributed by atoms with Crippen LogP contribution >= 0.6 is 11.8 Å². The maximum atomic E-state index is 11.0. The predicted octanol–water partition coefficient (Wildman–Crippen LogP) is 3.29. The van der Waals surface area contributed by atoms with Crippen LogP contribution < -0.4 is 0 Å². The third kappa shape index (κ3) is 3.17. The van der Waals surface area contributed by atoms with Gasteiger partial charge in [-0.25, -0.2) is 4.79 Å². The van der Waals surface area contributed by atoms with Crippen LogP contribution in [0.2, 0.25) is 0 Å². The van der Waals surface area contributed by atoms with E-state index in [-0.39, 0.29) is 5.69 Å². The van der Waals surface area contributed by atoms with Crippen LogP contribution in [0.1, 0.15) is 24.3 Å². The molecule has 0 aliphatic heterocycles. The molecule has 0 spiro atoms. The van der Waals surface area contributed by atoms with Crippen LogP contribution in [0.3, 0.4) is 0 Å². The molecule has 0 unspecified atom stereocenters. The molecule has 0 atom stereocenters. The van der Waals surface area contributed by atoms with Gasteiger partial charge in [0.2, 0.25) is 0 Å². The summed E-state index contributed by atoms with van der Waals surface area (Å²) in [5, 5.41) is 13.8. The summed E-state index contributed by atoms with van der Waals surface area (Å²) in [5.41, 5.74) is 1.80. The van der Waals surface area contributed by atoms with Gasteiger partial charge in [0.1, 0.15) is 5.69 Å². The van der Waals surface area contributed by atoms with Crippen LogP contribution in [0, 0.1) is 0 Å². The van der Waals surface area contributed by atoms with Gasteiger partial charge in [0.05, 0.1) is 5.69 Å². The zero-order chi connectivity index (χ0) is 14.0. The number of carboxylic acid groups (broad SMARTS) is 1. The lowest BCUT2D eigenvalue weighted by atomic mass is 10.1. The summed E-state index contributed by atoms with van der Waals surface area (Å²) in [6, 6.07) is 9.61. The quantitative estimate of drug-likeness (QED) is 0.871. The molecule has 5 heteroatoms. The van der Waals surface area contributed by atoms with Crippen molar-refractivity contribution in [1.82, 2.24) is 9.78 Å². The molecule has 1 aromatic carbocycles. The topological polar surface area (TPSA) is 55.1 Å². The van der Waals surface area contributed by atoms with Crippen molar-refractivity contribution in [3.63, 3.8) is 0 Å². The average Bonchev–Trinajstić information content (AvgIpc) is 2.71. The molecule has 1 N–H and O–H groups in total. The lowest BCUT2D eigenvalue weighted by Gasteiger charge is -2.05. The van der Waals surface area contributed by atoms with Crippen LogP contribution in [0.25, 0.3) is 11.3 Å². The number of aromatic carboxylic acids is 1. The van der Waals surface area contributed by atoms with Crippen LogP contribution in [-0.2, 0) is 7.05 Å². The fourth-order valence-corrected chi connectivity index (χ4v) is 2.62. The van der Waals surface area contributed by atoms with E-state index in [1.165, 1.54) is 9.58 Å². The standard InChI is InChI=1S/C14H16N2O2S/c1-9(2)19-11-6-4-10(5-7-11)12-8-13(14(17)18)16(3)15-12/h4-9H,1-3H3,(H,17,18). The van der Waals surface area contributed by atoms with E-state index in [9.17, 15) is 4.79 Å². The van der Waals surface area contributed by atoms with Gasteiger partial charge in [-0.15, -0.1) is 11.8 Å².